The minimum atomic E-state index is -0.691. The van der Waals surface area contributed by atoms with Crippen LogP contribution in [-0.4, -0.2) is 66.7 Å². The highest BCUT2D eigenvalue weighted by Crippen LogP contribution is 2.73. The maximum absolute atomic E-state index is 13.4. The fourth-order valence-electron chi connectivity index (χ4n) is 10.9. The number of carboxylic acids is 1. The molecule has 1 unspecified atom stereocenters. The highest BCUT2D eigenvalue weighted by molar-refractivity contribution is 5.76. The number of allylic oxidation sites excluding steroid dienone is 1. The number of primary amides is 1. The zero-order chi connectivity index (χ0) is 36.7. The predicted molar refractivity (Wildman–Crippen MR) is 193 cm³/mol. The summed E-state index contributed by atoms with van der Waals surface area (Å²) in [6, 6.07) is 0. The van der Waals surface area contributed by atoms with Crippen LogP contribution in [0.3, 0.4) is 0 Å². The van der Waals surface area contributed by atoms with Crippen molar-refractivity contribution in [3.63, 3.8) is 0 Å². The number of hydrogen-bond acceptors (Lipinski definition) is 6. The first kappa shape index (κ1) is 40.9. The van der Waals surface area contributed by atoms with Gasteiger partial charge in [-0.15, -0.1) is 0 Å². The summed E-state index contributed by atoms with van der Waals surface area (Å²) in [5.74, 6) is 0.119. The molecule has 3 aliphatic rings. The molecule has 278 valence electrons. The van der Waals surface area contributed by atoms with Crippen molar-refractivity contribution in [2.45, 2.75) is 133 Å². The molecule has 0 bridgehead atoms. The van der Waals surface area contributed by atoms with Crippen LogP contribution in [-0.2, 0) is 19.1 Å². The van der Waals surface area contributed by atoms with E-state index in [1.807, 2.05) is 6.92 Å². The van der Waals surface area contributed by atoms with Gasteiger partial charge in [-0.25, -0.2) is 0 Å². The molecule has 48 heavy (non-hydrogen) atoms. The lowest BCUT2D eigenvalue weighted by molar-refractivity contribution is -0.197. The SMILES string of the molecule is COC(C)(COC[C@](C)(NCC(N)=O)C(C)C)C[C@]1(CO)C2=CC[C@@]3(C)[C@H](C(=O)O)[C@@](C)([C@H](C)C(C)C)CC[C@]3(C)[C@H]2CC[C@H]1C(C)C. The number of aliphatic carboxylic acids is 1. The fraction of sp³-hybridized carbons (Fsp3) is 0.900. The first-order valence-electron chi connectivity index (χ1n) is 18.7. The van der Waals surface area contributed by atoms with Crippen LogP contribution in [0.25, 0.3) is 0 Å². The molecule has 0 saturated heterocycles. The maximum atomic E-state index is 13.4. The Kier molecular flexibility index (Phi) is 12.5. The molecular formula is C40H72N2O6. The van der Waals surface area contributed by atoms with Crippen molar-refractivity contribution in [2.75, 3.05) is 33.5 Å². The van der Waals surface area contributed by atoms with Gasteiger partial charge in [-0.3, -0.25) is 9.59 Å². The Labute approximate surface area is 292 Å². The van der Waals surface area contributed by atoms with Gasteiger partial charge in [0.1, 0.15) is 0 Å². The molecule has 0 radical (unpaired) electrons. The van der Waals surface area contributed by atoms with Crippen LogP contribution in [0, 0.1) is 63.1 Å². The van der Waals surface area contributed by atoms with E-state index in [0.29, 0.717) is 37.9 Å². The molecule has 8 heteroatoms. The molecule has 2 saturated carbocycles. The van der Waals surface area contributed by atoms with E-state index in [2.05, 4.69) is 87.6 Å². The Morgan fingerprint density at radius 1 is 1.02 bits per heavy atom. The highest BCUT2D eigenvalue weighted by atomic mass is 16.5. The van der Waals surface area contributed by atoms with Gasteiger partial charge >= 0.3 is 5.97 Å². The lowest BCUT2D eigenvalue weighted by Crippen LogP contribution is -2.64. The van der Waals surface area contributed by atoms with Crippen molar-refractivity contribution in [3.05, 3.63) is 11.6 Å². The molecular weight excluding hydrogens is 604 g/mol. The third kappa shape index (κ3) is 7.03. The molecule has 0 aromatic carbocycles. The van der Waals surface area contributed by atoms with Crippen LogP contribution < -0.4 is 11.1 Å². The van der Waals surface area contributed by atoms with Crippen molar-refractivity contribution in [1.82, 2.24) is 5.32 Å². The maximum Gasteiger partial charge on any atom is 0.307 e. The molecule has 1 amide bonds. The normalized spacial score (nSPS) is 36.9. The molecule has 0 heterocycles. The van der Waals surface area contributed by atoms with E-state index >= 15 is 0 Å². The number of amides is 1. The number of carboxylic acid groups (broad SMARTS) is 1. The van der Waals surface area contributed by atoms with Gasteiger partial charge in [0, 0.05) is 18.1 Å². The third-order valence-corrected chi connectivity index (χ3v) is 15.0. The summed E-state index contributed by atoms with van der Waals surface area (Å²) in [6.45, 7) is 27.3. The van der Waals surface area contributed by atoms with Gasteiger partial charge in [0.15, 0.2) is 0 Å². The lowest BCUT2D eigenvalue weighted by Gasteiger charge is -2.68. The highest BCUT2D eigenvalue weighted by Gasteiger charge is 2.68. The van der Waals surface area contributed by atoms with Crippen molar-refractivity contribution in [3.8, 4) is 0 Å². The molecule has 0 aliphatic heterocycles. The van der Waals surface area contributed by atoms with Crippen LogP contribution in [0.1, 0.15) is 122 Å². The van der Waals surface area contributed by atoms with Gasteiger partial charge in [0.25, 0.3) is 0 Å². The largest absolute Gasteiger partial charge is 0.481 e. The van der Waals surface area contributed by atoms with Gasteiger partial charge in [-0.1, -0.05) is 80.9 Å². The summed E-state index contributed by atoms with van der Waals surface area (Å²) in [5.41, 5.74) is 4.16. The van der Waals surface area contributed by atoms with E-state index in [1.54, 1.807) is 7.11 Å². The number of hydrogen-bond donors (Lipinski definition) is 4. The number of ether oxygens (including phenoxy) is 2. The first-order valence-corrected chi connectivity index (χ1v) is 18.7. The molecule has 3 rings (SSSR count). The second-order valence-corrected chi connectivity index (χ2v) is 18.5. The molecule has 8 nitrogen and oxygen atoms in total. The van der Waals surface area contributed by atoms with E-state index in [9.17, 15) is 19.8 Å². The molecule has 0 aromatic heterocycles. The van der Waals surface area contributed by atoms with E-state index in [-0.39, 0.29) is 47.7 Å². The van der Waals surface area contributed by atoms with Gasteiger partial charge in [0.05, 0.1) is 37.9 Å². The van der Waals surface area contributed by atoms with E-state index < -0.39 is 39.8 Å². The summed E-state index contributed by atoms with van der Waals surface area (Å²) in [4.78, 5) is 24.9. The average Bonchev–Trinajstić information content (AvgIpc) is 2.99. The zero-order valence-corrected chi connectivity index (χ0v) is 32.8. The Morgan fingerprint density at radius 2 is 1.65 bits per heavy atom. The number of aliphatic hydroxyl groups excluding tert-OH is 1. The molecule has 10 atom stereocenters. The summed E-state index contributed by atoms with van der Waals surface area (Å²) < 4.78 is 12.7. The van der Waals surface area contributed by atoms with Crippen LogP contribution in [0.5, 0.6) is 0 Å². The number of nitrogens with one attached hydrogen (secondary N) is 1. The second-order valence-electron chi connectivity index (χ2n) is 18.5. The van der Waals surface area contributed by atoms with E-state index in [0.717, 1.165) is 25.7 Å². The number of nitrogens with two attached hydrogens (primary N) is 1. The quantitative estimate of drug-likeness (QED) is 0.129. The number of fused-ring (bicyclic) bond motifs is 3. The zero-order valence-electron chi connectivity index (χ0n) is 32.8. The molecule has 5 N–H and O–H groups in total. The third-order valence-electron chi connectivity index (χ3n) is 15.0. The van der Waals surface area contributed by atoms with E-state index in [1.165, 1.54) is 5.57 Å². The number of rotatable bonds is 16. The van der Waals surface area contributed by atoms with E-state index in [4.69, 9.17) is 15.2 Å². The number of methoxy groups -OCH3 is 1. The van der Waals surface area contributed by atoms with Crippen molar-refractivity contribution < 1.29 is 29.3 Å². The molecule has 0 aromatic rings. The summed E-state index contributed by atoms with van der Waals surface area (Å²) >= 11 is 0. The Hall–Kier alpha value is -1.48. The summed E-state index contributed by atoms with van der Waals surface area (Å²) in [5, 5.41) is 25.9. The van der Waals surface area contributed by atoms with Gasteiger partial charge in [-0.05, 0) is 104 Å². The fourth-order valence-corrected chi connectivity index (χ4v) is 10.9. The van der Waals surface area contributed by atoms with Crippen LogP contribution >= 0.6 is 0 Å². The van der Waals surface area contributed by atoms with Crippen molar-refractivity contribution >= 4 is 11.9 Å². The Morgan fingerprint density at radius 3 is 2.12 bits per heavy atom. The lowest BCUT2D eigenvalue weighted by atomic mass is 9.35. The summed E-state index contributed by atoms with van der Waals surface area (Å²) in [6.07, 6.45) is 7.52. The topological polar surface area (TPSA) is 131 Å². The minimum Gasteiger partial charge on any atom is -0.481 e. The number of carbonyl (C=O) groups is 2. The molecule has 0 spiro atoms. The van der Waals surface area contributed by atoms with Gasteiger partial charge in [-0.2, -0.15) is 0 Å². The average molecular weight is 677 g/mol. The smallest absolute Gasteiger partial charge is 0.307 e. The van der Waals surface area contributed by atoms with Crippen LogP contribution in [0.15, 0.2) is 11.6 Å². The summed E-state index contributed by atoms with van der Waals surface area (Å²) in [7, 11) is 1.73. The van der Waals surface area contributed by atoms with Crippen molar-refractivity contribution in [1.29, 1.82) is 0 Å². The Balaban J connectivity index is 2.06. The second kappa shape index (κ2) is 14.6. The Bertz CT molecular complexity index is 1190. The molecule has 3 aliphatic carbocycles. The van der Waals surface area contributed by atoms with Gasteiger partial charge in [0.2, 0.25) is 5.91 Å². The van der Waals surface area contributed by atoms with Gasteiger partial charge < -0.3 is 30.7 Å². The number of carbonyl (C=O) groups excluding carboxylic acids is 1. The molecule has 2 fully saturated rings. The van der Waals surface area contributed by atoms with Crippen LogP contribution in [0.4, 0.5) is 0 Å². The van der Waals surface area contributed by atoms with Crippen LogP contribution in [0.2, 0.25) is 0 Å². The standard InChI is InChI=1S/C40H72N2O6/c1-25(2)28(7)36(9)18-19-37(10)30-15-14-29(26(3)4)40(22-43,31(30)16-17-38(37,11)33(36)34(45)46)21-35(8,47-13)23-48-24-39(12,27(5)6)42-20-32(41)44/h16,25-30,33,42-43H,14-15,17-24H2,1-13H3,(H2,41,44)(H,45,46)/t28-,29+,30+,33-,35?,36-,37-,38+,39+,40-/m1/s1. The van der Waals surface area contributed by atoms with Crippen molar-refractivity contribution in [2.24, 2.45) is 68.8 Å². The number of aliphatic hydroxyl groups is 1. The minimum absolute atomic E-state index is 0.0122. The first-order chi connectivity index (χ1) is 22.0. The monoisotopic (exact) mass is 677 g/mol. The predicted octanol–water partition coefficient (Wildman–Crippen LogP) is 7.08.